The van der Waals surface area contributed by atoms with E-state index in [0.29, 0.717) is 5.92 Å². The van der Waals surface area contributed by atoms with Gasteiger partial charge in [0.25, 0.3) is 5.79 Å². The maximum atomic E-state index is 6.73. The quantitative estimate of drug-likeness (QED) is 0.203. The Kier molecular flexibility index (Phi) is 11.4. The number of hydrogen-bond acceptors (Lipinski definition) is 2. The smallest absolute Gasteiger partial charge is 0.253 e. The summed E-state index contributed by atoms with van der Waals surface area (Å²) in [4.78, 5) is 0. The van der Waals surface area contributed by atoms with E-state index >= 15 is 0 Å². The first-order valence-corrected chi connectivity index (χ1v) is 12.2. The minimum atomic E-state index is -0.628. The van der Waals surface area contributed by atoms with E-state index in [1.165, 1.54) is 38.5 Å². The molecule has 2 rings (SSSR count). The first kappa shape index (κ1) is 24.3. The Morgan fingerprint density at radius 1 is 0.600 bits per heavy atom. The highest BCUT2D eigenvalue weighted by molar-refractivity contribution is 5.24. The average Bonchev–Trinajstić information content (AvgIpc) is 2.77. The van der Waals surface area contributed by atoms with E-state index in [1.807, 2.05) is 60.7 Å². The summed E-state index contributed by atoms with van der Waals surface area (Å²) < 4.78 is 13.5. The monoisotopic (exact) mass is 410 g/mol. The minimum absolute atomic E-state index is 0.369. The zero-order chi connectivity index (χ0) is 21.5. The van der Waals surface area contributed by atoms with Gasteiger partial charge in [0.1, 0.15) is 11.5 Å². The van der Waals surface area contributed by atoms with Gasteiger partial charge in [-0.05, 0) is 43.5 Å². The molecule has 0 aliphatic heterocycles. The third kappa shape index (κ3) is 8.05. The molecule has 0 saturated carbocycles. The first-order valence-electron chi connectivity index (χ1n) is 12.2. The van der Waals surface area contributed by atoms with Crippen LogP contribution in [0, 0.1) is 5.92 Å². The molecule has 0 amide bonds. The number of hydrogen-bond donors (Lipinski definition) is 0. The van der Waals surface area contributed by atoms with Gasteiger partial charge in [0.2, 0.25) is 0 Å². The molecule has 0 aliphatic carbocycles. The molecular formula is C28H42O2. The fraction of sp³-hybridized carbons (Fsp3) is 0.571. The van der Waals surface area contributed by atoms with Crippen LogP contribution in [0.5, 0.6) is 11.5 Å². The van der Waals surface area contributed by atoms with E-state index in [0.717, 1.165) is 43.6 Å². The zero-order valence-corrected chi connectivity index (χ0v) is 19.4. The summed E-state index contributed by atoms with van der Waals surface area (Å²) >= 11 is 0. The molecule has 0 bridgehead atoms. The summed E-state index contributed by atoms with van der Waals surface area (Å²) in [6, 6.07) is 20.4. The SMILES string of the molecule is CCCCCCCCC(CCC)C(CCC)(Oc1ccccc1)Oc1ccccc1. The van der Waals surface area contributed by atoms with Crippen molar-refractivity contribution in [3.05, 3.63) is 60.7 Å². The average molecular weight is 411 g/mol. The molecule has 30 heavy (non-hydrogen) atoms. The Labute approximate surface area is 185 Å². The van der Waals surface area contributed by atoms with Crippen LogP contribution in [0.4, 0.5) is 0 Å². The summed E-state index contributed by atoms with van der Waals surface area (Å²) in [5.41, 5.74) is 0. The molecule has 2 heteroatoms. The largest absolute Gasteiger partial charge is 0.452 e. The third-order valence-corrected chi connectivity index (χ3v) is 5.83. The van der Waals surface area contributed by atoms with E-state index in [-0.39, 0.29) is 0 Å². The Balaban J connectivity index is 2.23. The van der Waals surface area contributed by atoms with Crippen LogP contribution < -0.4 is 9.47 Å². The van der Waals surface area contributed by atoms with E-state index in [2.05, 4.69) is 20.8 Å². The highest BCUT2D eigenvalue weighted by Crippen LogP contribution is 2.38. The second-order valence-corrected chi connectivity index (χ2v) is 8.43. The lowest BCUT2D eigenvalue weighted by Crippen LogP contribution is -2.49. The van der Waals surface area contributed by atoms with Crippen molar-refractivity contribution in [2.45, 2.75) is 97.2 Å². The predicted octanol–water partition coefficient (Wildman–Crippen LogP) is 8.81. The van der Waals surface area contributed by atoms with Crippen LogP contribution in [0.2, 0.25) is 0 Å². The molecule has 0 spiro atoms. The second-order valence-electron chi connectivity index (χ2n) is 8.43. The van der Waals surface area contributed by atoms with Crippen molar-refractivity contribution in [1.29, 1.82) is 0 Å². The van der Waals surface area contributed by atoms with Crippen molar-refractivity contribution in [1.82, 2.24) is 0 Å². The third-order valence-electron chi connectivity index (χ3n) is 5.83. The van der Waals surface area contributed by atoms with E-state index in [9.17, 15) is 0 Å². The van der Waals surface area contributed by atoms with Gasteiger partial charge in [-0.1, -0.05) is 102 Å². The maximum Gasteiger partial charge on any atom is 0.253 e. The summed E-state index contributed by atoms with van der Waals surface area (Å²) in [5, 5.41) is 0. The Morgan fingerprint density at radius 2 is 1.13 bits per heavy atom. The summed E-state index contributed by atoms with van der Waals surface area (Å²) in [7, 11) is 0. The van der Waals surface area contributed by atoms with Crippen LogP contribution in [0.1, 0.15) is 91.4 Å². The van der Waals surface area contributed by atoms with Crippen LogP contribution in [0.25, 0.3) is 0 Å². The lowest BCUT2D eigenvalue weighted by Gasteiger charge is -2.41. The molecule has 2 nitrogen and oxygen atoms in total. The number of benzene rings is 2. The standard InChI is InChI=1S/C28H42O2/c1-4-7-8-9-10-13-19-25(18-5-2)28(24-6-3,29-26-20-14-11-15-21-26)30-27-22-16-12-17-23-27/h11-12,14-17,20-23,25H,4-10,13,18-19,24H2,1-3H3. The van der Waals surface area contributed by atoms with Gasteiger partial charge in [0, 0.05) is 12.3 Å². The Hall–Kier alpha value is -1.96. The van der Waals surface area contributed by atoms with Gasteiger partial charge in [-0.25, -0.2) is 0 Å². The van der Waals surface area contributed by atoms with E-state index in [1.54, 1.807) is 0 Å². The lowest BCUT2D eigenvalue weighted by atomic mass is 9.85. The second kappa shape index (κ2) is 14.1. The molecule has 1 atom stereocenters. The van der Waals surface area contributed by atoms with Gasteiger partial charge < -0.3 is 9.47 Å². The summed E-state index contributed by atoms with van der Waals surface area (Å²) in [6.45, 7) is 6.78. The fourth-order valence-electron chi connectivity index (χ4n) is 4.32. The van der Waals surface area contributed by atoms with Crippen molar-refractivity contribution >= 4 is 0 Å². The van der Waals surface area contributed by atoms with Crippen molar-refractivity contribution in [2.75, 3.05) is 0 Å². The summed E-state index contributed by atoms with van der Waals surface area (Å²) in [6.07, 6.45) is 13.2. The molecule has 0 saturated heterocycles. The molecule has 2 aromatic rings. The fourth-order valence-corrected chi connectivity index (χ4v) is 4.32. The number of rotatable bonds is 16. The molecule has 0 radical (unpaired) electrons. The van der Waals surface area contributed by atoms with Crippen LogP contribution in [0.15, 0.2) is 60.7 Å². The van der Waals surface area contributed by atoms with Gasteiger partial charge in [0.05, 0.1) is 0 Å². The van der Waals surface area contributed by atoms with Crippen molar-refractivity contribution in [2.24, 2.45) is 5.92 Å². The normalized spacial score (nSPS) is 12.5. The summed E-state index contributed by atoms with van der Waals surface area (Å²) in [5.74, 6) is 1.53. The number of ether oxygens (including phenoxy) is 2. The van der Waals surface area contributed by atoms with Crippen LogP contribution in [-0.4, -0.2) is 5.79 Å². The van der Waals surface area contributed by atoms with Gasteiger partial charge in [-0.15, -0.1) is 0 Å². The van der Waals surface area contributed by atoms with Crippen molar-refractivity contribution in [3.8, 4) is 11.5 Å². The van der Waals surface area contributed by atoms with Crippen LogP contribution in [0.3, 0.4) is 0 Å². The maximum absolute atomic E-state index is 6.73. The first-order chi connectivity index (χ1) is 14.7. The molecule has 0 fully saturated rings. The molecule has 2 aromatic carbocycles. The number of unbranched alkanes of at least 4 members (excludes halogenated alkanes) is 5. The highest BCUT2D eigenvalue weighted by Gasteiger charge is 2.42. The minimum Gasteiger partial charge on any atom is -0.452 e. The molecule has 166 valence electrons. The van der Waals surface area contributed by atoms with Crippen molar-refractivity contribution < 1.29 is 9.47 Å². The van der Waals surface area contributed by atoms with Crippen LogP contribution in [-0.2, 0) is 0 Å². The van der Waals surface area contributed by atoms with Gasteiger partial charge in [0.15, 0.2) is 0 Å². The zero-order valence-electron chi connectivity index (χ0n) is 19.4. The van der Waals surface area contributed by atoms with Gasteiger partial charge in [-0.2, -0.15) is 0 Å². The topological polar surface area (TPSA) is 18.5 Å². The predicted molar refractivity (Wildman–Crippen MR) is 128 cm³/mol. The number of para-hydroxylation sites is 2. The van der Waals surface area contributed by atoms with Gasteiger partial charge >= 0.3 is 0 Å². The van der Waals surface area contributed by atoms with Crippen LogP contribution >= 0.6 is 0 Å². The molecular weight excluding hydrogens is 368 g/mol. The van der Waals surface area contributed by atoms with Crippen molar-refractivity contribution in [3.63, 3.8) is 0 Å². The highest BCUT2D eigenvalue weighted by atomic mass is 16.7. The Bertz CT molecular complexity index is 611. The van der Waals surface area contributed by atoms with E-state index in [4.69, 9.17) is 9.47 Å². The Morgan fingerprint density at radius 3 is 1.63 bits per heavy atom. The molecule has 1 unspecified atom stereocenters. The molecule has 0 aromatic heterocycles. The van der Waals surface area contributed by atoms with E-state index < -0.39 is 5.79 Å². The molecule has 0 N–H and O–H groups in total. The lowest BCUT2D eigenvalue weighted by molar-refractivity contribution is -0.166. The molecule has 0 heterocycles. The van der Waals surface area contributed by atoms with Gasteiger partial charge in [-0.3, -0.25) is 0 Å². The molecule has 0 aliphatic rings.